The number of rotatable bonds is 6. The van der Waals surface area contributed by atoms with Crippen LogP contribution in [0.3, 0.4) is 0 Å². The zero-order valence-electron chi connectivity index (χ0n) is 12.7. The maximum Gasteiger partial charge on any atom is 0.318 e. The van der Waals surface area contributed by atoms with E-state index < -0.39 is 11.9 Å². The number of carboxylic acid groups (broad SMARTS) is 1. The van der Waals surface area contributed by atoms with E-state index in [4.69, 9.17) is 15.6 Å². The molecule has 0 aliphatic carbocycles. The van der Waals surface area contributed by atoms with Crippen LogP contribution < -0.4 is 10.5 Å². The summed E-state index contributed by atoms with van der Waals surface area (Å²) in [6, 6.07) is 6.34. The Hall–Kier alpha value is -2.41. The smallest absolute Gasteiger partial charge is 0.318 e. The van der Waals surface area contributed by atoms with Gasteiger partial charge in [0.25, 0.3) is 0 Å². The van der Waals surface area contributed by atoms with Crippen molar-refractivity contribution >= 4 is 23.4 Å². The van der Waals surface area contributed by atoms with E-state index in [9.17, 15) is 14.4 Å². The van der Waals surface area contributed by atoms with Crippen molar-refractivity contribution in [2.24, 2.45) is 5.92 Å². The highest BCUT2D eigenvalue weighted by atomic mass is 16.5. The van der Waals surface area contributed by atoms with E-state index >= 15 is 0 Å². The van der Waals surface area contributed by atoms with E-state index in [1.54, 1.807) is 24.3 Å². The fraction of sp³-hybridized carbons (Fsp3) is 0.438. The number of esters is 1. The predicted octanol–water partition coefficient (Wildman–Crippen LogP) is 0.930. The number of likely N-dealkylation sites (tertiary alicyclic amines) is 1. The Kier molecular flexibility index (Phi) is 5.70. The number of benzene rings is 1. The average Bonchev–Trinajstić information content (AvgIpc) is 2.50. The van der Waals surface area contributed by atoms with Crippen molar-refractivity contribution in [1.82, 2.24) is 4.90 Å². The van der Waals surface area contributed by atoms with Gasteiger partial charge >= 0.3 is 11.9 Å². The molecule has 1 aromatic carbocycles. The maximum absolute atomic E-state index is 11.9. The third kappa shape index (κ3) is 5.37. The van der Waals surface area contributed by atoms with Crippen molar-refractivity contribution in [3.05, 3.63) is 24.3 Å². The number of hydrogen-bond donors (Lipinski definition) is 2. The molecule has 0 aromatic heterocycles. The van der Waals surface area contributed by atoms with Gasteiger partial charge in [0.2, 0.25) is 0 Å². The van der Waals surface area contributed by atoms with Crippen LogP contribution in [0.25, 0.3) is 0 Å². The van der Waals surface area contributed by atoms with Gasteiger partial charge in [0, 0.05) is 5.69 Å². The molecule has 1 saturated heterocycles. The van der Waals surface area contributed by atoms with Crippen LogP contribution in [0.4, 0.5) is 5.69 Å². The van der Waals surface area contributed by atoms with Gasteiger partial charge in [-0.25, -0.2) is 0 Å². The van der Waals surface area contributed by atoms with Gasteiger partial charge in [-0.1, -0.05) is 0 Å². The summed E-state index contributed by atoms with van der Waals surface area (Å²) in [6.45, 7) is 1.24. The molecule has 0 amide bonds. The molecule has 23 heavy (non-hydrogen) atoms. The topological polar surface area (TPSA) is 110 Å². The number of carbonyl (C=O) groups is 3. The van der Waals surface area contributed by atoms with Crippen LogP contribution in [0.5, 0.6) is 5.75 Å². The molecular formula is C16H20N2O5. The van der Waals surface area contributed by atoms with E-state index in [-0.39, 0.29) is 24.7 Å². The lowest BCUT2D eigenvalue weighted by Gasteiger charge is -2.29. The molecule has 1 fully saturated rings. The molecule has 0 atom stereocenters. The normalized spacial score (nSPS) is 16.0. The van der Waals surface area contributed by atoms with Gasteiger partial charge in [0.15, 0.2) is 5.78 Å². The van der Waals surface area contributed by atoms with Crippen LogP contribution in [0.2, 0.25) is 0 Å². The number of nitrogens with two attached hydrogens (primary N) is 1. The number of Topliss-reactive ketones (excluding diaryl/α,β-unsaturated/α-hetero) is 1. The van der Waals surface area contributed by atoms with Crippen LogP contribution >= 0.6 is 0 Å². The number of nitrogens with zero attached hydrogens (tertiary/aromatic N) is 1. The zero-order chi connectivity index (χ0) is 16.8. The van der Waals surface area contributed by atoms with Gasteiger partial charge in [-0.3, -0.25) is 19.3 Å². The average molecular weight is 320 g/mol. The fourth-order valence-electron chi connectivity index (χ4n) is 2.51. The number of nitrogen functional groups attached to an aromatic ring is 1. The predicted molar refractivity (Wildman–Crippen MR) is 82.9 cm³/mol. The first-order valence-electron chi connectivity index (χ1n) is 7.47. The van der Waals surface area contributed by atoms with E-state index in [0.29, 0.717) is 37.4 Å². The highest BCUT2D eigenvalue weighted by Crippen LogP contribution is 2.17. The number of carboxylic acids is 1. The minimum absolute atomic E-state index is 0.142. The molecule has 0 unspecified atom stereocenters. The molecule has 0 radical (unpaired) electrons. The molecule has 2 rings (SSSR count). The lowest BCUT2D eigenvalue weighted by atomic mass is 9.97. The SMILES string of the molecule is Nc1ccc(OC(=O)CC(=O)CN2CCC(C(=O)O)CC2)cc1. The number of hydrogen-bond acceptors (Lipinski definition) is 6. The first kappa shape index (κ1) is 17.0. The van der Waals surface area contributed by atoms with Crippen LogP contribution in [0.15, 0.2) is 24.3 Å². The van der Waals surface area contributed by atoms with Gasteiger partial charge < -0.3 is 15.6 Å². The van der Waals surface area contributed by atoms with Crippen molar-refractivity contribution in [3.63, 3.8) is 0 Å². The number of aliphatic carboxylic acids is 1. The molecular weight excluding hydrogens is 300 g/mol. The fourth-order valence-corrected chi connectivity index (χ4v) is 2.51. The molecule has 124 valence electrons. The summed E-state index contributed by atoms with van der Waals surface area (Å²) in [7, 11) is 0. The Morgan fingerprint density at radius 1 is 1.17 bits per heavy atom. The van der Waals surface area contributed by atoms with Crippen molar-refractivity contribution in [3.8, 4) is 5.75 Å². The van der Waals surface area contributed by atoms with Gasteiger partial charge in [-0.15, -0.1) is 0 Å². The van der Waals surface area contributed by atoms with Gasteiger partial charge in [0.1, 0.15) is 12.2 Å². The Balaban J connectivity index is 1.73. The van der Waals surface area contributed by atoms with Crippen molar-refractivity contribution < 1.29 is 24.2 Å². The third-order valence-electron chi connectivity index (χ3n) is 3.79. The highest BCUT2D eigenvalue weighted by Gasteiger charge is 2.25. The highest BCUT2D eigenvalue weighted by molar-refractivity contribution is 5.97. The Morgan fingerprint density at radius 2 is 1.78 bits per heavy atom. The van der Waals surface area contributed by atoms with Crippen LogP contribution in [0.1, 0.15) is 19.3 Å². The quantitative estimate of drug-likeness (QED) is 0.347. The molecule has 1 aromatic rings. The minimum atomic E-state index is -0.789. The number of ether oxygens (including phenoxy) is 1. The van der Waals surface area contributed by atoms with E-state index in [2.05, 4.69) is 0 Å². The Morgan fingerprint density at radius 3 is 2.35 bits per heavy atom. The number of ketones is 1. The Bertz CT molecular complexity index is 577. The summed E-state index contributed by atoms with van der Waals surface area (Å²) in [5.41, 5.74) is 6.09. The van der Waals surface area contributed by atoms with Gasteiger partial charge in [0.05, 0.1) is 12.5 Å². The first-order chi connectivity index (χ1) is 10.9. The number of piperidine rings is 1. The minimum Gasteiger partial charge on any atom is -0.481 e. The molecule has 3 N–H and O–H groups in total. The summed E-state index contributed by atoms with van der Waals surface area (Å²) in [5.74, 6) is -1.63. The second-order valence-electron chi connectivity index (χ2n) is 5.65. The zero-order valence-corrected chi connectivity index (χ0v) is 12.7. The monoisotopic (exact) mass is 320 g/mol. The first-order valence-corrected chi connectivity index (χ1v) is 7.47. The van der Waals surface area contributed by atoms with Crippen molar-refractivity contribution in [1.29, 1.82) is 0 Å². The van der Waals surface area contributed by atoms with Gasteiger partial charge in [-0.05, 0) is 50.2 Å². The maximum atomic E-state index is 11.9. The summed E-state index contributed by atoms with van der Waals surface area (Å²) in [4.78, 5) is 36.4. The number of carbonyl (C=O) groups excluding carboxylic acids is 2. The summed E-state index contributed by atoms with van der Waals surface area (Å²) in [5, 5.41) is 8.93. The standard InChI is InChI=1S/C16H20N2O5/c17-12-1-3-14(4-2-12)23-15(20)9-13(19)10-18-7-5-11(6-8-18)16(21)22/h1-4,11H,5-10,17H2,(H,21,22). The van der Waals surface area contributed by atoms with Crippen molar-refractivity contribution in [2.75, 3.05) is 25.4 Å². The molecule has 0 bridgehead atoms. The van der Waals surface area contributed by atoms with Gasteiger partial charge in [-0.2, -0.15) is 0 Å². The summed E-state index contributed by atoms with van der Waals surface area (Å²) < 4.78 is 5.07. The van der Waals surface area contributed by atoms with E-state index in [1.165, 1.54) is 0 Å². The summed E-state index contributed by atoms with van der Waals surface area (Å²) >= 11 is 0. The largest absolute Gasteiger partial charge is 0.481 e. The molecule has 1 heterocycles. The summed E-state index contributed by atoms with van der Waals surface area (Å²) in [6.07, 6.45) is 0.750. The molecule has 0 spiro atoms. The van der Waals surface area contributed by atoms with E-state index in [1.807, 2.05) is 4.90 Å². The second-order valence-corrected chi connectivity index (χ2v) is 5.65. The second kappa shape index (κ2) is 7.73. The van der Waals surface area contributed by atoms with Crippen LogP contribution in [0, 0.1) is 5.92 Å². The Labute approximate surface area is 134 Å². The van der Waals surface area contributed by atoms with Crippen molar-refractivity contribution in [2.45, 2.75) is 19.3 Å². The van der Waals surface area contributed by atoms with E-state index in [0.717, 1.165) is 0 Å². The molecule has 1 aliphatic heterocycles. The molecule has 1 aliphatic rings. The van der Waals surface area contributed by atoms with Crippen LogP contribution in [-0.2, 0) is 14.4 Å². The lowest BCUT2D eigenvalue weighted by Crippen LogP contribution is -2.39. The molecule has 7 nitrogen and oxygen atoms in total. The van der Waals surface area contributed by atoms with Crippen LogP contribution in [-0.4, -0.2) is 47.4 Å². The molecule has 0 saturated carbocycles. The third-order valence-corrected chi connectivity index (χ3v) is 3.79. The number of anilines is 1. The lowest BCUT2D eigenvalue weighted by molar-refractivity contribution is -0.143. The molecule has 7 heteroatoms.